The smallest absolute Gasteiger partial charge is 0.254 e. The number of rotatable bonds is 5. The predicted octanol–water partition coefficient (Wildman–Crippen LogP) is 2.98. The van der Waals surface area contributed by atoms with E-state index in [-0.39, 0.29) is 17.7 Å². The lowest BCUT2D eigenvalue weighted by Crippen LogP contribution is -2.32. The molecule has 3 aliphatic rings. The van der Waals surface area contributed by atoms with Crippen LogP contribution < -0.4 is 0 Å². The first-order valence-electron chi connectivity index (χ1n) is 9.71. The number of aliphatic imine (C=N–C) groups is 1. The van der Waals surface area contributed by atoms with E-state index in [4.69, 9.17) is 4.74 Å². The molecule has 0 radical (unpaired) electrons. The fourth-order valence-electron chi connectivity index (χ4n) is 4.03. The molecule has 148 valence electrons. The number of carbonyl (C=O) groups excluding carboxylic acids is 1. The van der Waals surface area contributed by atoms with Crippen LogP contribution in [0, 0.1) is 11.8 Å². The van der Waals surface area contributed by atoms with Gasteiger partial charge >= 0.3 is 0 Å². The van der Waals surface area contributed by atoms with Gasteiger partial charge in [-0.1, -0.05) is 19.1 Å². The van der Waals surface area contributed by atoms with E-state index in [0.29, 0.717) is 19.7 Å². The maximum atomic E-state index is 13.0. The lowest BCUT2D eigenvalue weighted by Gasteiger charge is -2.28. The van der Waals surface area contributed by atoms with Gasteiger partial charge in [0.05, 0.1) is 17.3 Å². The number of aromatic nitrogens is 3. The fourth-order valence-corrected chi connectivity index (χ4v) is 4.85. The summed E-state index contributed by atoms with van der Waals surface area (Å²) in [5, 5.41) is 9.87. The maximum Gasteiger partial charge on any atom is 0.254 e. The molecule has 0 aromatic carbocycles. The minimum atomic E-state index is 0.0279. The van der Waals surface area contributed by atoms with Crippen molar-refractivity contribution in [1.82, 2.24) is 20.1 Å². The van der Waals surface area contributed by atoms with Gasteiger partial charge < -0.3 is 9.64 Å². The molecule has 1 aliphatic carbocycles. The standard InChI is InChI=1S/C21H21N5O2S/c1-13-3-4-15-16(18(13)19-22-7-2-10-28-19)11-26(21(15)27)9-6-14-12-29-20(24-14)17-5-8-23-25-17/h2-5,7-8,12-13,18H,6,9-11H2,1H3,(H,23,25). The summed E-state index contributed by atoms with van der Waals surface area (Å²) in [5.41, 5.74) is 3.82. The Morgan fingerprint density at radius 1 is 1.41 bits per heavy atom. The van der Waals surface area contributed by atoms with E-state index in [1.54, 1.807) is 23.7 Å². The molecule has 2 aromatic rings. The summed E-state index contributed by atoms with van der Waals surface area (Å²) in [6.45, 7) is 3.94. The minimum absolute atomic E-state index is 0.0279. The number of amides is 1. The number of nitrogens with zero attached hydrogens (tertiary/aromatic N) is 4. The van der Waals surface area contributed by atoms with E-state index in [2.05, 4.69) is 33.2 Å². The van der Waals surface area contributed by atoms with Crippen LogP contribution in [0.2, 0.25) is 0 Å². The number of ether oxygens (including phenoxy) is 1. The highest BCUT2D eigenvalue weighted by Gasteiger charge is 2.39. The van der Waals surface area contributed by atoms with Crippen LogP contribution in [-0.2, 0) is 16.0 Å². The molecule has 7 nitrogen and oxygen atoms in total. The Labute approximate surface area is 172 Å². The SMILES string of the molecule is CC1C=CC2=C(CN(CCc3csc(-c4ccn[nH]4)n3)C2=O)C1C1=NC=CCO1. The third-order valence-corrected chi connectivity index (χ3v) is 6.44. The van der Waals surface area contributed by atoms with Crippen LogP contribution in [0.1, 0.15) is 12.6 Å². The fraction of sp³-hybridized carbons (Fsp3) is 0.333. The molecule has 1 N–H and O–H groups in total. The molecule has 0 saturated heterocycles. The molecule has 2 aliphatic heterocycles. The van der Waals surface area contributed by atoms with Gasteiger partial charge in [0.15, 0.2) is 5.90 Å². The number of hydrogen-bond donors (Lipinski definition) is 1. The van der Waals surface area contributed by atoms with Crippen molar-refractivity contribution in [1.29, 1.82) is 0 Å². The van der Waals surface area contributed by atoms with Crippen LogP contribution in [-0.4, -0.2) is 51.6 Å². The monoisotopic (exact) mass is 407 g/mol. The molecular weight excluding hydrogens is 386 g/mol. The molecule has 4 heterocycles. The number of thiazole rings is 1. The highest BCUT2D eigenvalue weighted by molar-refractivity contribution is 7.13. The van der Waals surface area contributed by atoms with Gasteiger partial charge in [-0.25, -0.2) is 9.98 Å². The molecule has 2 atom stereocenters. The van der Waals surface area contributed by atoms with Gasteiger partial charge in [0, 0.05) is 42.9 Å². The van der Waals surface area contributed by atoms with E-state index < -0.39 is 0 Å². The zero-order valence-electron chi connectivity index (χ0n) is 16.0. The van der Waals surface area contributed by atoms with E-state index in [9.17, 15) is 4.79 Å². The molecule has 0 spiro atoms. The predicted molar refractivity (Wildman–Crippen MR) is 111 cm³/mol. The number of carbonyl (C=O) groups is 1. The zero-order chi connectivity index (χ0) is 19.8. The van der Waals surface area contributed by atoms with E-state index in [1.165, 1.54) is 0 Å². The number of hydrogen-bond acceptors (Lipinski definition) is 6. The second-order valence-electron chi connectivity index (χ2n) is 7.39. The van der Waals surface area contributed by atoms with Crippen molar-refractivity contribution >= 4 is 23.1 Å². The van der Waals surface area contributed by atoms with Crippen LogP contribution in [0.4, 0.5) is 0 Å². The average Bonchev–Trinajstić information content (AvgIpc) is 3.48. The van der Waals surface area contributed by atoms with Gasteiger partial charge in [-0.3, -0.25) is 9.89 Å². The van der Waals surface area contributed by atoms with Gasteiger partial charge in [0.25, 0.3) is 5.91 Å². The van der Waals surface area contributed by atoms with Crippen molar-refractivity contribution in [3.8, 4) is 10.7 Å². The molecule has 0 fully saturated rings. The largest absolute Gasteiger partial charge is 0.476 e. The Morgan fingerprint density at radius 3 is 3.14 bits per heavy atom. The van der Waals surface area contributed by atoms with E-state index >= 15 is 0 Å². The molecule has 2 aromatic heterocycles. The van der Waals surface area contributed by atoms with Gasteiger partial charge in [0.1, 0.15) is 11.6 Å². The quantitative estimate of drug-likeness (QED) is 0.826. The average molecular weight is 407 g/mol. The summed E-state index contributed by atoms with van der Waals surface area (Å²) in [5.74, 6) is 1.08. The number of nitrogens with one attached hydrogen (secondary N) is 1. The van der Waals surface area contributed by atoms with E-state index in [1.807, 2.05) is 28.5 Å². The van der Waals surface area contributed by atoms with Gasteiger partial charge in [0.2, 0.25) is 0 Å². The zero-order valence-corrected chi connectivity index (χ0v) is 16.9. The summed E-state index contributed by atoms with van der Waals surface area (Å²) in [4.78, 5) is 24.0. The van der Waals surface area contributed by atoms with Crippen molar-refractivity contribution < 1.29 is 9.53 Å². The Kier molecular flexibility index (Phi) is 4.63. The summed E-state index contributed by atoms with van der Waals surface area (Å²) >= 11 is 1.58. The molecule has 8 heteroatoms. The highest BCUT2D eigenvalue weighted by atomic mass is 32.1. The summed E-state index contributed by atoms with van der Waals surface area (Å²) < 4.78 is 5.78. The Hall–Kier alpha value is -3.00. The highest BCUT2D eigenvalue weighted by Crippen LogP contribution is 2.37. The number of aromatic amines is 1. The van der Waals surface area contributed by atoms with Crippen LogP contribution in [0.15, 0.2) is 58.2 Å². The minimum Gasteiger partial charge on any atom is -0.476 e. The Balaban J connectivity index is 1.29. The van der Waals surface area contributed by atoms with Crippen molar-refractivity contribution in [3.63, 3.8) is 0 Å². The van der Waals surface area contributed by atoms with Gasteiger partial charge in [-0.05, 0) is 23.6 Å². The molecule has 1 amide bonds. The van der Waals surface area contributed by atoms with Gasteiger partial charge in [-0.15, -0.1) is 11.3 Å². The molecule has 0 saturated carbocycles. The third-order valence-electron chi connectivity index (χ3n) is 5.51. The van der Waals surface area contributed by atoms with Crippen LogP contribution in [0.5, 0.6) is 0 Å². The first-order chi connectivity index (χ1) is 14.2. The number of allylic oxidation sites excluding steroid dienone is 1. The molecule has 5 rings (SSSR count). The first kappa shape index (κ1) is 18.1. The van der Waals surface area contributed by atoms with Crippen LogP contribution >= 0.6 is 11.3 Å². The molecule has 29 heavy (non-hydrogen) atoms. The lowest BCUT2D eigenvalue weighted by atomic mass is 9.80. The Morgan fingerprint density at radius 2 is 2.34 bits per heavy atom. The summed E-state index contributed by atoms with van der Waals surface area (Å²) in [6, 6.07) is 1.91. The number of H-pyrrole nitrogens is 1. The molecule has 2 unspecified atom stereocenters. The topological polar surface area (TPSA) is 83.5 Å². The molecule has 0 bridgehead atoms. The second-order valence-corrected chi connectivity index (χ2v) is 8.25. The Bertz CT molecular complexity index is 1050. The van der Waals surface area contributed by atoms with Crippen LogP contribution in [0.25, 0.3) is 10.7 Å². The van der Waals surface area contributed by atoms with Crippen molar-refractivity contribution in [2.45, 2.75) is 13.3 Å². The molecular formula is C21H21N5O2S. The summed E-state index contributed by atoms with van der Waals surface area (Å²) in [6.07, 6.45) is 10.2. The second kappa shape index (κ2) is 7.44. The van der Waals surface area contributed by atoms with Crippen LogP contribution in [0.3, 0.4) is 0 Å². The first-order valence-corrected chi connectivity index (χ1v) is 10.6. The lowest BCUT2D eigenvalue weighted by molar-refractivity contribution is -0.125. The van der Waals surface area contributed by atoms with Crippen molar-refractivity contribution in [2.75, 3.05) is 19.7 Å². The summed E-state index contributed by atoms with van der Waals surface area (Å²) in [7, 11) is 0. The maximum absolute atomic E-state index is 13.0. The van der Waals surface area contributed by atoms with Crippen molar-refractivity contribution in [2.24, 2.45) is 16.8 Å². The van der Waals surface area contributed by atoms with Crippen molar-refractivity contribution in [3.05, 3.63) is 58.9 Å². The third kappa shape index (κ3) is 3.33. The normalized spacial score (nSPS) is 23.4. The van der Waals surface area contributed by atoms with Gasteiger partial charge in [-0.2, -0.15) is 5.10 Å². The van der Waals surface area contributed by atoms with E-state index in [0.717, 1.165) is 39.9 Å².